The highest BCUT2D eigenvalue weighted by Crippen LogP contribution is 2.35. The number of aromatic nitrogens is 4. The van der Waals surface area contributed by atoms with Crippen molar-refractivity contribution in [3.05, 3.63) is 53.1 Å². The van der Waals surface area contributed by atoms with E-state index in [0.717, 1.165) is 6.20 Å². The Hall–Kier alpha value is -4.51. The maximum Gasteiger partial charge on any atom is 0.434 e. The fourth-order valence-electron chi connectivity index (χ4n) is 3.14. The van der Waals surface area contributed by atoms with Gasteiger partial charge in [-0.25, -0.2) is 20.1 Å². The highest BCUT2D eigenvalue weighted by Gasteiger charge is 2.41. The van der Waals surface area contributed by atoms with Gasteiger partial charge in [0.05, 0.1) is 35.9 Å². The molecule has 1 amide bonds. The van der Waals surface area contributed by atoms with Crippen molar-refractivity contribution < 1.29 is 18.0 Å². The predicted octanol–water partition coefficient (Wildman–Crippen LogP) is 2.01. The summed E-state index contributed by atoms with van der Waals surface area (Å²) in [6.07, 6.45) is -0.0891. The maximum absolute atomic E-state index is 13.9. The summed E-state index contributed by atoms with van der Waals surface area (Å²) < 4.78 is 42.4. The van der Waals surface area contributed by atoms with Crippen LogP contribution in [0.15, 0.2) is 35.8 Å². The van der Waals surface area contributed by atoms with Gasteiger partial charge in [0, 0.05) is 18.0 Å². The number of nitrogens with zero attached hydrogens (tertiary/aromatic N) is 7. The molecule has 0 saturated carbocycles. The van der Waals surface area contributed by atoms with Crippen LogP contribution in [0.5, 0.6) is 0 Å². The van der Waals surface area contributed by atoms with E-state index < -0.39 is 23.3 Å². The van der Waals surface area contributed by atoms with Crippen molar-refractivity contribution in [3.63, 3.8) is 0 Å². The highest BCUT2D eigenvalue weighted by atomic mass is 19.4. The zero-order chi connectivity index (χ0) is 23.8. The van der Waals surface area contributed by atoms with E-state index >= 15 is 0 Å². The molecule has 4 heterocycles. The van der Waals surface area contributed by atoms with E-state index in [1.165, 1.54) is 36.6 Å². The number of nitrogens with one attached hydrogen (secondary N) is 2. The minimum absolute atomic E-state index is 0.0219. The molecule has 14 heteroatoms. The number of nitrogen functional groups attached to an aromatic ring is 1. The minimum Gasteiger partial charge on any atom is -0.383 e. The van der Waals surface area contributed by atoms with E-state index in [1.807, 2.05) is 6.07 Å². The molecular weight excluding hydrogens is 441 g/mol. The monoisotopic (exact) mass is 456 g/mol. The van der Waals surface area contributed by atoms with Crippen LogP contribution in [0.25, 0.3) is 5.69 Å². The molecule has 1 aliphatic heterocycles. The van der Waals surface area contributed by atoms with Crippen molar-refractivity contribution in [2.24, 2.45) is 5.10 Å². The van der Waals surface area contributed by atoms with Gasteiger partial charge in [0.25, 0.3) is 5.91 Å². The van der Waals surface area contributed by atoms with Gasteiger partial charge in [-0.15, -0.1) is 0 Å². The van der Waals surface area contributed by atoms with Gasteiger partial charge < -0.3 is 11.1 Å². The molecule has 0 spiro atoms. The fourth-order valence-corrected chi connectivity index (χ4v) is 3.14. The molecule has 0 aliphatic carbocycles. The quantitative estimate of drug-likeness (QED) is 0.540. The first-order chi connectivity index (χ1) is 15.7. The molecular formula is C19H15F3N10O. The lowest BCUT2D eigenvalue weighted by atomic mass is 10.2. The molecule has 4 N–H and O–H groups in total. The van der Waals surface area contributed by atoms with Crippen molar-refractivity contribution in [3.8, 4) is 11.8 Å². The topological polar surface area (TPSA) is 150 Å². The molecule has 0 fully saturated rings. The molecule has 11 nitrogen and oxygen atoms in total. The summed E-state index contributed by atoms with van der Waals surface area (Å²) in [5.74, 6) is -0.864. The molecule has 0 bridgehead atoms. The zero-order valence-electron chi connectivity index (χ0n) is 16.9. The van der Waals surface area contributed by atoms with Crippen LogP contribution in [0.4, 0.5) is 30.5 Å². The lowest BCUT2D eigenvalue weighted by Crippen LogP contribution is -2.29. The van der Waals surface area contributed by atoms with Crippen LogP contribution >= 0.6 is 0 Å². The lowest BCUT2D eigenvalue weighted by Gasteiger charge is -2.16. The highest BCUT2D eigenvalue weighted by molar-refractivity contribution is 6.05. The van der Waals surface area contributed by atoms with E-state index in [1.54, 1.807) is 6.21 Å². The predicted molar refractivity (Wildman–Crippen MR) is 111 cm³/mol. The number of halogens is 3. The van der Waals surface area contributed by atoms with Gasteiger partial charge in [-0.3, -0.25) is 4.79 Å². The van der Waals surface area contributed by atoms with Crippen molar-refractivity contribution >= 4 is 29.4 Å². The molecule has 168 valence electrons. The summed E-state index contributed by atoms with van der Waals surface area (Å²) in [5, 5.41) is 20.8. The van der Waals surface area contributed by atoms with Gasteiger partial charge in [0.1, 0.15) is 17.5 Å². The first-order valence-corrected chi connectivity index (χ1v) is 9.35. The summed E-state index contributed by atoms with van der Waals surface area (Å²) in [7, 11) is 0. The molecule has 3 aromatic heterocycles. The number of hydrazine groups is 1. The van der Waals surface area contributed by atoms with Gasteiger partial charge in [0.2, 0.25) is 0 Å². The van der Waals surface area contributed by atoms with Gasteiger partial charge in [0.15, 0.2) is 11.5 Å². The molecule has 0 unspecified atom stereocenters. The number of alkyl halides is 3. The Bertz CT molecular complexity index is 1310. The smallest absolute Gasteiger partial charge is 0.383 e. The average molecular weight is 456 g/mol. The van der Waals surface area contributed by atoms with Gasteiger partial charge in [-0.1, -0.05) is 0 Å². The number of nitrogens with two attached hydrogens (primary N) is 1. The number of hydrogen-bond donors (Lipinski definition) is 3. The number of pyridine rings is 2. The second kappa shape index (κ2) is 8.20. The Labute approximate surface area is 184 Å². The first kappa shape index (κ1) is 21.7. The number of hydrazone groups is 1. The summed E-state index contributed by atoms with van der Waals surface area (Å²) in [6.45, 7) is 1.94. The Kier molecular flexibility index (Phi) is 5.40. The third-order valence-corrected chi connectivity index (χ3v) is 4.70. The van der Waals surface area contributed by atoms with Crippen LogP contribution < -0.4 is 21.6 Å². The van der Waals surface area contributed by atoms with E-state index in [-0.39, 0.29) is 34.1 Å². The van der Waals surface area contributed by atoms with Crippen LogP contribution in [0, 0.1) is 18.3 Å². The third kappa shape index (κ3) is 4.04. The largest absolute Gasteiger partial charge is 0.434 e. The first-order valence-electron chi connectivity index (χ1n) is 9.35. The molecule has 3 aromatic rings. The Morgan fingerprint density at radius 2 is 2.12 bits per heavy atom. The SMILES string of the molecule is Cc1c(-n2ncc(C(=O)Nc3cnc(N4N=CCN4)c(C#N)c3)c2C(F)(F)F)ccnc1N. The van der Waals surface area contributed by atoms with Crippen molar-refractivity contribution in [1.82, 2.24) is 25.2 Å². The fraction of sp³-hybridized carbons (Fsp3) is 0.158. The molecule has 0 saturated heterocycles. The Morgan fingerprint density at radius 3 is 2.79 bits per heavy atom. The van der Waals surface area contributed by atoms with Crippen LogP contribution in [-0.2, 0) is 6.18 Å². The van der Waals surface area contributed by atoms with Gasteiger partial charge in [-0.05, 0) is 19.1 Å². The summed E-state index contributed by atoms with van der Waals surface area (Å²) in [6, 6.07) is 4.51. The second-order valence-electron chi connectivity index (χ2n) is 6.79. The van der Waals surface area contributed by atoms with Gasteiger partial charge in [-0.2, -0.15) is 33.8 Å². The number of amides is 1. The van der Waals surface area contributed by atoms with Crippen LogP contribution in [0.1, 0.15) is 27.2 Å². The van der Waals surface area contributed by atoms with Crippen LogP contribution in [-0.4, -0.2) is 38.4 Å². The standard InChI is InChI=1S/C19H15F3N10O/c1-10-14(2-3-25-16(10)24)31-15(19(20,21)22)13(9-29-31)18(33)30-12-6-11(7-23)17(26-8-12)32-27-4-5-28-32/h2-4,6,8-9,28H,5H2,1H3,(H2,24,25)(H,30,33). The number of anilines is 3. The Morgan fingerprint density at radius 1 is 1.33 bits per heavy atom. The minimum atomic E-state index is -4.91. The molecule has 0 aromatic carbocycles. The molecule has 33 heavy (non-hydrogen) atoms. The zero-order valence-corrected chi connectivity index (χ0v) is 16.9. The number of carbonyl (C=O) groups is 1. The summed E-state index contributed by atoms with van der Waals surface area (Å²) in [4.78, 5) is 20.7. The number of rotatable bonds is 4. The van der Waals surface area contributed by atoms with E-state index in [0.29, 0.717) is 11.2 Å². The molecule has 1 aliphatic rings. The average Bonchev–Trinajstić information content (AvgIpc) is 3.45. The Balaban J connectivity index is 1.69. The summed E-state index contributed by atoms with van der Waals surface area (Å²) >= 11 is 0. The number of hydrogen-bond acceptors (Lipinski definition) is 9. The molecule has 4 rings (SSSR count). The second-order valence-corrected chi connectivity index (χ2v) is 6.79. The molecule has 0 atom stereocenters. The molecule has 0 radical (unpaired) electrons. The number of carbonyl (C=O) groups excluding carboxylic acids is 1. The number of nitriles is 1. The van der Waals surface area contributed by atoms with Crippen molar-refractivity contribution in [1.29, 1.82) is 5.26 Å². The van der Waals surface area contributed by atoms with Crippen molar-refractivity contribution in [2.75, 3.05) is 22.7 Å². The van der Waals surface area contributed by atoms with E-state index in [9.17, 15) is 23.2 Å². The van der Waals surface area contributed by atoms with E-state index in [2.05, 4.69) is 30.9 Å². The van der Waals surface area contributed by atoms with Crippen molar-refractivity contribution in [2.45, 2.75) is 13.1 Å². The summed E-state index contributed by atoms with van der Waals surface area (Å²) in [5.41, 5.74) is 6.93. The normalized spacial score (nSPS) is 13.2. The third-order valence-electron chi connectivity index (χ3n) is 4.70. The van der Waals surface area contributed by atoms with Crippen LogP contribution in [0.2, 0.25) is 0 Å². The lowest BCUT2D eigenvalue weighted by molar-refractivity contribution is -0.143. The van der Waals surface area contributed by atoms with Crippen LogP contribution in [0.3, 0.4) is 0 Å². The van der Waals surface area contributed by atoms with E-state index in [4.69, 9.17) is 5.73 Å². The maximum atomic E-state index is 13.9. The van der Waals surface area contributed by atoms with Gasteiger partial charge >= 0.3 is 6.18 Å².